The van der Waals surface area contributed by atoms with E-state index in [-0.39, 0.29) is 11.8 Å². The summed E-state index contributed by atoms with van der Waals surface area (Å²) in [5, 5.41) is 3.87. The number of hydrogen-bond acceptors (Lipinski definition) is 3. The molecule has 0 saturated carbocycles. The van der Waals surface area contributed by atoms with Crippen LogP contribution in [0.2, 0.25) is 10.0 Å². The molecule has 0 spiro atoms. The molecule has 1 aromatic rings. The Morgan fingerprint density at radius 3 is 2.52 bits per heavy atom. The predicted octanol–water partition coefficient (Wildman–Crippen LogP) is 2.67. The van der Waals surface area contributed by atoms with E-state index in [1.165, 1.54) is 0 Å². The van der Waals surface area contributed by atoms with Crippen LogP contribution in [0.3, 0.4) is 0 Å². The quantitative estimate of drug-likeness (QED) is 0.869. The van der Waals surface area contributed by atoms with Gasteiger partial charge < -0.3 is 15.1 Å². The van der Waals surface area contributed by atoms with Crippen LogP contribution in [0.15, 0.2) is 18.2 Å². The van der Waals surface area contributed by atoms with Crippen molar-refractivity contribution in [2.24, 2.45) is 5.92 Å². The first-order valence-corrected chi connectivity index (χ1v) is 9.43. The lowest BCUT2D eigenvalue weighted by molar-refractivity contribution is -0.125. The van der Waals surface area contributed by atoms with Crippen LogP contribution >= 0.6 is 23.2 Å². The molecule has 2 aliphatic rings. The van der Waals surface area contributed by atoms with Crippen molar-refractivity contribution in [3.8, 4) is 0 Å². The third-order valence-corrected chi connectivity index (χ3v) is 5.42. The fourth-order valence-corrected chi connectivity index (χ4v) is 4.21. The SMILES string of the molecule is CN1CCC(CNC(=O)C2CCCN2C(=O)c2cc(Cl)cc(Cl)c2)C1. The Hall–Kier alpha value is -1.30. The lowest BCUT2D eigenvalue weighted by Gasteiger charge is -2.25. The Labute approximate surface area is 158 Å². The summed E-state index contributed by atoms with van der Waals surface area (Å²) < 4.78 is 0. The highest BCUT2D eigenvalue weighted by Gasteiger charge is 2.35. The zero-order valence-corrected chi connectivity index (χ0v) is 15.8. The zero-order chi connectivity index (χ0) is 18.0. The van der Waals surface area contributed by atoms with Gasteiger partial charge in [0.15, 0.2) is 0 Å². The number of carbonyl (C=O) groups excluding carboxylic acids is 2. The first-order valence-electron chi connectivity index (χ1n) is 8.67. The van der Waals surface area contributed by atoms with Crippen molar-refractivity contribution in [1.29, 1.82) is 0 Å². The third kappa shape index (κ3) is 4.46. The molecular weight excluding hydrogens is 361 g/mol. The summed E-state index contributed by atoms with van der Waals surface area (Å²) >= 11 is 12.0. The van der Waals surface area contributed by atoms with Gasteiger partial charge in [-0.3, -0.25) is 9.59 Å². The monoisotopic (exact) mass is 383 g/mol. The van der Waals surface area contributed by atoms with Crippen LogP contribution in [0.25, 0.3) is 0 Å². The van der Waals surface area contributed by atoms with E-state index in [1.807, 2.05) is 0 Å². The highest BCUT2D eigenvalue weighted by molar-refractivity contribution is 6.35. The van der Waals surface area contributed by atoms with E-state index in [1.54, 1.807) is 23.1 Å². The van der Waals surface area contributed by atoms with E-state index in [9.17, 15) is 9.59 Å². The Morgan fingerprint density at radius 2 is 1.88 bits per heavy atom. The minimum Gasteiger partial charge on any atom is -0.354 e. The molecule has 5 nitrogen and oxygen atoms in total. The van der Waals surface area contributed by atoms with Gasteiger partial charge in [0.25, 0.3) is 5.91 Å². The molecule has 0 aromatic heterocycles. The number of amides is 2. The minimum atomic E-state index is -0.413. The number of nitrogens with zero attached hydrogens (tertiary/aromatic N) is 2. The van der Waals surface area contributed by atoms with Crippen molar-refractivity contribution in [2.45, 2.75) is 25.3 Å². The van der Waals surface area contributed by atoms with Gasteiger partial charge in [-0.25, -0.2) is 0 Å². The highest BCUT2D eigenvalue weighted by Crippen LogP contribution is 2.24. The highest BCUT2D eigenvalue weighted by atomic mass is 35.5. The third-order valence-electron chi connectivity index (χ3n) is 4.98. The van der Waals surface area contributed by atoms with Crippen molar-refractivity contribution in [2.75, 3.05) is 33.2 Å². The molecule has 2 amide bonds. The molecule has 136 valence electrons. The number of nitrogens with one attached hydrogen (secondary N) is 1. The van der Waals surface area contributed by atoms with Crippen molar-refractivity contribution in [3.63, 3.8) is 0 Å². The summed E-state index contributed by atoms with van der Waals surface area (Å²) in [6.45, 7) is 3.33. The van der Waals surface area contributed by atoms with E-state index in [0.717, 1.165) is 25.9 Å². The Bertz CT molecular complexity index is 647. The maximum atomic E-state index is 12.8. The standard InChI is InChI=1S/C18H23Cl2N3O2/c1-22-6-4-12(11-22)10-21-17(24)16-3-2-5-23(16)18(25)13-7-14(19)9-15(20)8-13/h7-9,12,16H,2-6,10-11H2,1H3,(H,21,24). The normalized spacial score (nSPS) is 23.9. The molecule has 0 aliphatic carbocycles. The fourth-order valence-electron chi connectivity index (χ4n) is 3.68. The average Bonchev–Trinajstić information content (AvgIpc) is 3.20. The van der Waals surface area contributed by atoms with Crippen LogP contribution in [0, 0.1) is 5.92 Å². The largest absolute Gasteiger partial charge is 0.354 e. The van der Waals surface area contributed by atoms with E-state index in [2.05, 4.69) is 17.3 Å². The summed E-state index contributed by atoms with van der Waals surface area (Å²) in [4.78, 5) is 29.3. The zero-order valence-electron chi connectivity index (χ0n) is 14.3. The van der Waals surface area contributed by atoms with Crippen LogP contribution in [-0.4, -0.2) is 60.9 Å². The van der Waals surface area contributed by atoms with Crippen molar-refractivity contribution in [3.05, 3.63) is 33.8 Å². The number of carbonyl (C=O) groups is 2. The number of hydrogen-bond donors (Lipinski definition) is 1. The second-order valence-electron chi connectivity index (χ2n) is 6.98. The second-order valence-corrected chi connectivity index (χ2v) is 7.85. The Balaban J connectivity index is 1.63. The molecule has 2 unspecified atom stereocenters. The van der Waals surface area contributed by atoms with Gasteiger partial charge in [0, 0.05) is 35.2 Å². The number of halogens is 2. The smallest absolute Gasteiger partial charge is 0.254 e. The summed E-state index contributed by atoms with van der Waals surface area (Å²) in [6.07, 6.45) is 2.62. The lowest BCUT2D eigenvalue weighted by Crippen LogP contribution is -2.47. The Morgan fingerprint density at radius 1 is 1.16 bits per heavy atom. The van der Waals surface area contributed by atoms with Crippen LogP contribution in [0.1, 0.15) is 29.6 Å². The maximum absolute atomic E-state index is 12.8. The predicted molar refractivity (Wildman–Crippen MR) is 99.1 cm³/mol. The fraction of sp³-hybridized carbons (Fsp3) is 0.556. The topological polar surface area (TPSA) is 52.7 Å². The van der Waals surface area contributed by atoms with Gasteiger partial charge in [-0.15, -0.1) is 0 Å². The molecule has 7 heteroatoms. The van der Waals surface area contributed by atoms with Gasteiger partial charge in [-0.05, 0) is 57.0 Å². The van der Waals surface area contributed by atoms with Gasteiger partial charge in [0.1, 0.15) is 6.04 Å². The number of likely N-dealkylation sites (tertiary alicyclic amines) is 2. The molecule has 2 fully saturated rings. The number of rotatable bonds is 4. The van der Waals surface area contributed by atoms with Crippen LogP contribution < -0.4 is 5.32 Å². The second kappa shape index (κ2) is 7.94. The van der Waals surface area contributed by atoms with Gasteiger partial charge in [-0.1, -0.05) is 23.2 Å². The average molecular weight is 384 g/mol. The summed E-state index contributed by atoms with van der Waals surface area (Å²) in [5.41, 5.74) is 0.426. The van der Waals surface area contributed by atoms with Crippen LogP contribution in [-0.2, 0) is 4.79 Å². The van der Waals surface area contributed by atoms with E-state index in [4.69, 9.17) is 23.2 Å². The molecule has 3 rings (SSSR count). The lowest BCUT2D eigenvalue weighted by atomic mass is 10.1. The molecule has 0 radical (unpaired) electrons. The van der Waals surface area contributed by atoms with E-state index in [0.29, 0.717) is 41.0 Å². The molecule has 2 saturated heterocycles. The molecule has 0 bridgehead atoms. The molecule has 2 atom stereocenters. The van der Waals surface area contributed by atoms with Gasteiger partial charge in [0.05, 0.1) is 0 Å². The van der Waals surface area contributed by atoms with Crippen molar-refractivity contribution in [1.82, 2.24) is 15.1 Å². The molecule has 25 heavy (non-hydrogen) atoms. The Kier molecular flexibility index (Phi) is 5.87. The van der Waals surface area contributed by atoms with E-state index >= 15 is 0 Å². The minimum absolute atomic E-state index is 0.0615. The molecule has 2 aliphatic heterocycles. The van der Waals surface area contributed by atoms with Gasteiger partial charge in [-0.2, -0.15) is 0 Å². The number of benzene rings is 1. The molecule has 2 heterocycles. The first kappa shape index (κ1) is 18.5. The van der Waals surface area contributed by atoms with Gasteiger partial charge in [0.2, 0.25) is 5.91 Å². The van der Waals surface area contributed by atoms with Gasteiger partial charge >= 0.3 is 0 Å². The maximum Gasteiger partial charge on any atom is 0.254 e. The summed E-state index contributed by atoms with van der Waals surface area (Å²) in [5.74, 6) is 0.238. The van der Waals surface area contributed by atoms with Crippen LogP contribution in [0.5, 0.6) is 0 Å². The van der Waals surface area contributed by atoms with E-state index < -0.39 is 6.04 Å². The first-order chi connectivity index (χ1) is 11.9. The summed E-state index contributed by atoms with van der Waals surface area (Å²) in [6, 6.07) is 4.37. The van der Waals surface area contributed by atoms with Crippen molar-refractivity contribution >= 4 is 35.0 Å². The summed E-state index contributed by atoms with van der Waals surface area (Å²) in [7, 11) is 2.09. The van der Waals surface area contributed by atoms with Crippen LogP contribution in [0.4, 0.5) is 0 Å². The van der Waals surface area contributed by atoms with Crippen molar-refractivity contribution < 1.29 is 9.59 Å². The molecular formula is C18H23Cl2N3O2. The molecule has 1 N–H and O–H groups in total. The molecule has 1 aromatic carbocycles.